The highest BCUT2D eigenvalue weighted by atomic mass is 35.5. The van der Waals surface area contributed by atoms with Crippen molar-refractivity contribution >= 4 is 33.5 Å². The number of rotatable bonds is 4. The van der Waals surface area contributed by atoms with E-state index in [4.69, 9.17) is 11.6 Å². The molecule has 1 aromatic carbocycles. The number of piperidine rings is 1. The molecule has 0 bridgehead atoms. The molecule has 9 heteroatoms. The summed E-state index contributed by atoms with van der Waals surface area (Å²) >= 11 is 6.13. The van der Waals surface area contributed by atoms with Gasteiger partial charge in [0, 0.05) is 24.5 Å². The largest absolute Gasteiger partial charge is 0.406 e. The van der Waals surface area contributed by atoms with E-state index in [0.717, 1.165) is 36.1 Å². The molecule has 1 saturated heterocycles. The highest BCUT2D eigenvalue weighted by Gasteiger charge is 2.31. The molecule has 3 heterocycles. The number of hydrogen-bond donors (Lipinski definition) is 1. The Hall–Kier alpha value is -1.90. The number of likely N-dealkylation sites (N-methyl/N-ethyl adjacent to an activating group) is 1. The third kappa shape index (κ3) is 3.81. The van der Waals surface area contributed by atoms with E-state index in [0.29, 0.717) is 29.0 Å². The Balaban J connectivity index is 1.75. The van der Waals surface area contributed by atoms with Gasteiger partial charge in [-0.1, -0.05) is 17.7 Å². The van der Waals surface area contributed by atoms with Crippen LogP contribution in [0, 0.1) is 0 Å². The Morgan fingerprint density at radius 2 is 2.14 bits per heavy atom. The van der Waals surface area contributed by atoms with E-state index < -0.39 is 12.7 Å². The van der Waals surface area contributed by atoms with E-state index in [2.05, 4.69) is 27.2 Å². The molecule has 1 atom stereocenters. The van der Waals surface area contributed by atoms with Gasteiger partial charge < -0.3 is 9.88 Å². The Labute approximate surface area is 165 Å². The minimum Gasteiger partial charge on any atom is -0.327 e. The van der Waals surface area contributed by atoms with Crippen molar-refractivity contribution in [2.24, 2.45) is 0 Å². The molecule has 0 saturated carbocycles. The monoisotopic (exact) mass is 411 g/mol. The summed E-state index contributed by atoms with van der Waals surface area (Å²) in [5.74, 6) is 0. The van der Waals surface area contributed by atoms with Crippen molar-refractivity contribution in [3.63, 3.8) is 0 Å². The van der Waals surface area contributed by atoms with Crippen LogP contribution in [0.5, 0.6) is 0 Å². The first-order chi connectivity index (χ1) is 13.3. The fraction of sp³-hybridized carbons (Fsp3) is 0.474. The lowest BCUT2D eigenvalue weighted by atomic mass is 10.0. The van der Waals surface area contributed by atoms with Crippen molar-refractivity contribution in [2.75, 3.05) is 20.1 Å². The summed E-state index contributed by atoms with van der Waals surface area (Å²) < 4.78 is 40.6. The van der Waals surface area contributed by atoms with Crippen LogP contribution in [0.1, 0.15) is 18.4 Å². The van der Waals surface area contributed by atoms with Crippen LogP contribution >= 0.6 is 11.6 Å². The van der Waals surface area contributed by atoms with Crippen molar-refractivity contribution in [3.8, 4) is 0 Å². The van der Waals surface area contributed by atoms with Crippen LogP contribution in [-0.2, 0) is 13.1 Å². The van der Waals surface area contributed by atoms with Gasteiger partial charge in [-0.15, -0.1) is 0 Å². The van der Waals surface area contributed by atoms with E-state index in [1.165, 1.54) is 6.33 Å². The van der Waals surface area contributed by atoms with Gasteiger partial charge in [0.05, 0.1) is 5.52 Å². The van der Waals surface area contributed by atoms with Crippen LogP contribution in [0.25, 0.3) is 21.9 Å². The van der Waals surface area contributed by atoms with E-state index in [1.54, 1.807) is 6.07 Å². The zero-order valence-electron chi connectivity index (χ0n) is 15.4. The topological polar surface area (TPSA) is 46.0 Å². The standard InChI is InChI=1S/C19H21ClF3N5/c1-27(13-3-2-6-24-8-13)9-12-4-5-15-14(7-12)16-17(18(20)26-11-25-16)28(15)10-19(21,22)23/h4-5,7,11,13,24H,2-3,6,8-10H2,1H3. The maximum Gasteiger partial charge on any atom is 0.406 e. The molecular formula is C19H21ClF3N5. The fourth-order valence-electron chi connectivity index (χ4n) is 3.99. The number of aromatic nitrogens is 3. The molecule has 1 N–H and O–H groups in total. The molecule has 1 fully saturated rings. The summed E-state index contributed by atoms with van der Waals surface area (Å²) in [5.41, 5.74) is 2.16. The molecule has 1 unspecified atom stereocenters. The normalized spacial score (nSPS) is 18.4. The Morgan fingerprint density at radius 3 is 2.86 bits per heavy atom. The summed E-state index contributed by atoms with van der Waals surface area (Å²) in [6.45, 7) is 1.59. The quantitative estimate of drug-likeness (QED) is 0.659. The molecular weight excluding hydrogens is 391 g/mol. The average Bonchev–Trinajstić information content (AvgIpc) is 2.95. The number of hydrogen-bond acceptors (Lipinski definition) is 4. The molecule has 0 amide bonds. The number of nitrogens with one attached hydrogen (secondary N) is 1. The number of nitrogens with zero attached hydrogens (tertiary/aromatic N) is 4. The molecule has 1 aliphatic heterocycles. The molecule has 3 aromatic rings. The zero-order valence-corrected chi connectivity index (χ0v) is 16.2. The minimum atomic E-state index is -4.37. The van der Waals surface area contributed by atoms with Crippen LogP contribution < -0.4 is 5.32 Å². The van der Waals surface area contributed by atoms with Crippen molar-refractivity contribution in [2.45, 2.75) is 38.1 Å². The van der Waals surface area contributed by atoms with Gasteiger partial charge in [0.25, 0.3) is 0 Å². The highest BCUT2D eigenvalue weighted by Crippen LogP contribution is 2.34. The van der Waals surface area contributed by atoms with Crippen molar-refractivity contribution in [1.82, 2.24) is 24.8 Å². The predicted octanol–water partition coefficient (Wildman–Crippen LogP) is 3.98. The van der Waals surface area contributed by atoms with Gasteiger partial charge in [-0.25, -0.2) is 9.97 Å². The summed E-state index contributed by atoms with van der Waals surface area (Å²) in [6.07, 6.45) is -0.798. The summed E-state index contributed by atoms with van der Waals surface area (Å²) in [5, 5.41) is 4.09. The van der Waals surface area contributed by atoms with Crippen LogP contribution in [0.15, 0.2) is 24.5 Å². The second-order valence-electron chi connectivity index (χ2n) is 7.33. The van der Waals surface area contributed by atoms with Crippen LogP contribution in [0.4, 0.5) is 13.2 Å². The van der Waals surface area contributed by atoms with Gasteiger partial charge >= 0.3 is 6.18 Å². The van der Waals surface area contributed by atoms with Crippen LogP contribution in [-0.4, -0.2) is 51.8 Å². The Morgan fingerprint density at radius 1 is 1.32 bits per heavy atom. The van der Waals surface area contributed by atoms with Gasteiger partial charge in [0.2, 0.25) is 0 Å². The third-order valence-electron chi connectivity index (χ3n) is 5.32. The van der Waals surface area contributed by atoms with Crippen LogP contribution in [0.2, 0.25) is 5.15 Å². The second-order valence-corrected chi connectivity index (χ2v) is 7.69. The number of fused-ring (bicyclic) bond motifs is 3. The fourth-order valence-corrected chi connectivity index (χ4v) is 4.23. The minimum absolute atomic E-state index is 0.0254. The van der Waals surface area contributed by atoms with Gasteiger partial charge in [0.15, 0.2) is 5.15 Å². The third-order valence-corrected chi connectivity index (χ3v) is 5.59. The molecule has 0 spiro atoms. The number of alkyl halides is 3. The zero-order chi connectivity index (χ0) is 19.9. The SMILES string of the molecule is CN(Cc1ccc2c(c1)c1ncnc(Cl)c1n2CC(F)(F)F)C1CCCNC1. The molecule has 5 nitrogen and oxygen atoms in total. The van der Waals surface area contributed by atoms with E-state index in [-0.39, 0.29) is 10.7 Å². The van der Waals surface area contributed by atoms with Gasteiger partial charge in [-0.05, 0) is 44.1 Å². The maximum absolute atomic E-state index is 13.1. The van der Waals surface area contributed by atoms with E-state index >= 15 is 0 Å². The van der Waals surface area contributed by atoms with E-state index in [1.807, 2.05) is 12.1 Å². The first-order valence-corrected chi connectivity index (χ1v) is 9.60. The summed E-state index contributed by atoms with van der Waals surface area (Å²) in [4.78, 5) is 10.4. The smallest absolute Gasteiger partial charge is 0.327 e. The second kappa shape index (κ2) is 7.50. The lowest BCUT2D eigenvalue weighted by Gasteiger charge is -2.31. The van der Waals surface area contributed by atoms with Crippen LogP contribution in [0.3, 0.4) is 0 Å². The maximum atomic E-state index is 13.1. The van der Waals surface area contributed by atoms with Gasteiger partial charge in [0.1, 0.15) is 23.9 Å². The first kappa shape index (κ1) is 19.4. The predicted molar refractivity (Wildman–Crippen MR) is 103 cm³/mol. The Bertz CT molecular complexity index is 995. The molecule has 0 aliphatic carbocycles. The van der Waals surface area contributed by atoms with Crippen molar-refractivity contribution in [1.29, 1.82) is 0 Å². The number of halogens is 4. The lowest BCUT2D eigenvalue weighted by Crippen LogP contribution is -2.43. The lowest BCUT2D eigenvalue weighted by molar-refractivity contribution is -0.139. The van der Waals surface area contributed by atoms with Gasteiger partial charge in [-0.3, -0.25) is 4.90 Å². The number of benzene rings is 1. The Kier molecular flexibility index (Phi) is 5.20. The molecule has 4 rings (SSSR count). The summed E-state index contributed by atoms with van der Waals surface area (Å²) in [6, 6.07) is 5.97. The molecule has 28 heavy (non-hydrogen) atoms. The van der Waals surface area contributed by atoms with Crippen molar-refractivity contribution < 1.29 is 13.2 Å². The molecule has 1 aliphatic rings. The first-order valence-electron chi connectivity index (χ1n) is 9.22. The molecule has 150 valence electrons. The van der Waals surface area contributed by atoms with Gasteiger partial charge in [-0.2, -0.15) is 13.2 Å². The molecule has 0 radical (unpaired) electrons. The molecule has 2 aromatic heterocycles. The van der Waals surface area contributed by atoms with E-state index in [9.17, 15) is 13.2 Å². The highest BCUT2D eigenvalue weighted by molar-refractivity contribution is 6.34. The van der Waals surface area contributed by atoms with Crippen molar-refractivity contribution in [3.05, 3.63) is 35.2 Å². The average molecular weight is 412 g/mol. The summed E-state index contributed by atoms with van der Waals surface area (Å²) in [7, 11) is 2.08.